The molecule has 1 aliphatic rings. The molecule has 0 saturated carbocycles. The number of aromatic nitrogens is 3. The number of hydrogen-bond donors (Lipinski definition) is 2. The van der Waals surface area contributed by atoms with Gasteiger partial charge in [0.2, 0.25) is 0 Å². The SMILES string of the molecule is CCCOc1ccc(-c2nccc(-c3cc4c([nH]3)CCNC4=O)n2)cc1. The van der Waals surface area contributed by atoms with Gasteiger partial charge in [-0.2, -0.15) is 0 Å². The zero-order valence-corrected chi connectivity index (χ0v) is 14.6. The summed E-state index contributed by atoms with van der Waals surface area (Å²) in [5.74, 6) is 1.45. The van der Waals surface area contributed by atoms with Gasteiger partial charge in [-0.05, 0) is 42.8 Å². The van der Waals surface area contributed by atoms with Gasteiger partial charge in [-0.25, -0.2) is 9.97 Å². The van der Waals surface area contributed by atoms with Gasteiger partial charge in [0.25, 0.3) is 5.91 Å². The number of H-pyrrole nitrogens is 1. The number of amides is 1. The number of rotatable bonds is 5. The monoisotopic (exact) mass is 348 g/mol. The quantitative estimate of drug-likeness (QED) is 0.742. The fraction of sp³-hybridized carbons (Fsp3) is 0.250. The average molecular weight is 348 g/mol. The molecule has 0 radical (unpaired) electrons. The van der Waals surface area contributed by atoms with E-state index in [9.17, 15) is 4.79 Å². The number of aromatic amines is 1. The molecule has 0 spiro atoms. The lowest BCUT2D eigenvalue weighted by Gasteiger charge is -2.10. The highest BCUT2D eigenvalue weighted by Crippen LogP contribution is 2.25. The van der Waals surface area contributed by atoms with Gasteiger partial charge in [0, 0.05) is 30.4 Å². The van der Waals surface area contributed by atoms with Crippen LogP contribution in [0.4, 0.5) is 0 Å². The van der Waals surface area contributed by atoms with Gasteiger partial charge in [0.15, 0.2) is 5.82 Å². The van der Waals surface area contributed by atoms with Crippen LogP contribution in [0, 0.1) is 0 Å². The van der Waals surface area contributed by atoms with E-state index in [1.54, 1.807) is 6.20 Å². The van der Waals surface area contributed by atoms with Gasteiger partial charge < -0.3 is 15.0 Å². The minimum Gasteiger partial charge on any atom is -0.494 e. The van der Waals surface area contributed by atoms with Gasteiger partial charge in [-0.15, -0.1) is 0 Å². The number of ether oxygens (including phenoxy) is 1. The summed E-state index contributed by atoms with van der Waals surface area (Å²) >= 11 is 0. The van der Waals surface area contributed by atoms with Crippen LogP contribution in [0.15, 0.2) is 42.6 Å². The number of benzene rings is 1. The van der Waals surface area contributed by atoms with Gasteiger partial charge in [0.1, 0.15) is 5.75 Å². The van der Waals surface area contributed by atoms with Crippen molar-refractivity contribution in [2.45, 2.75) is 19.8 Å². The molecule has 2 N–H and O–H groups in total. The maximum Gasteiger partial charge on any atom is 0.253 e. The van der Waals surface area contributed by atoms with Crippen molar-refractivity contribution < 1.29 is 9.53 Å². The third-order valence-corrected chi connectivity index (χ3v) is 4.32. The Bertz CT molecular complexity index is 931. The smallest absolute Gasteiger partial charge is 0.253 e. The third kappa shape index (κ3) is 3.18. The number of carbonyl (C=O) groups excluding carboxylic acids is 1. The zero-order chi connectivity index (χ0) is 17.9. The van der Waals surface area contributed by atoms with Crippen LogP contribution in [0.25, 0.3) is 22.8 Å². The molecule has 1 aromatic carbocycles. The Hall–Kier alpha value is -3.15. The minimum atomic E-state index is -0.0364. The Morgan fingerprint density at radius 3 is 2.81 bits per heavy atom. The molecule has 1 amide bonds. The molecular formula is C20H20N4O2. The molecule has 1 aliphatic heterocycles. The molecule has 132 valence electrons. The first-order valence-electron chi connectivity index (χ1n) is 8.81. The molecule has 3 aromatic rings. The van der Waals surface area contributed by atoms with E-state index < -0.39 is 0 Å². The van der Waals surface area contributed by atoms with Crippen molar-refractivity contribution in [3.8, 4) is 28.5 Å². The average Bonchev–Trinajstić information content (AvgIpc) is 3.13. The molecule has 0 bridgehead atoms. The lowest BCUT2D eigenvalue weighted by molar-refractivity contribution is 0.0946. The second-order valence-electron chi connectivity index (χ2n) is 6.22. The van der Waals surface area contributed by atoms with Crippen LogP contribution in [-0.2, 0) is 6.42 Å². The molecule has 6 heteroatoms. The van der Waals surface area contributed by atoms with E-state index in [0.717, 1.165) is 41.2 Å². The maximum absolute atomic E-state index is 11.9. The molecule has 3 heterocycles. The Morgan fingerprint density at radius 2 is 2.04 bits per heavy atom. The molecule has 0 saturated heterocycles. The largest absolute Gasteiger partial charge is 0.494 e. The van der Waals surface area contributed by atoms with Crippen LogP contribution in [0.1, 0.15) is 29.4 Å². The lowest BCUT2D eigenvalue weighted by Crippen LogP contribution is -2.31. The summed E-state index contributed by atoms with van der Waals surface area (Å²) in [5, 5.41) is 2.86. The molecular weight excluding hydrogens is 328 g/mol. The van der Waals surface area contributed by atoms with Gasteiger partial charge in [-0.1, -0.05) is 6.92 Å². The molecule has 26 heavy (non-hydrogen) atoms. The Morgan fingerprint density at radius 1 is 1.19 bits per heavy atom. The Kier molecular flexibility index (Phi) is 4.39. The number of nitrogens with one attached hydrogen (secondary N) is 2. The number of nitrogens with zero attached hydrogens (tertiary/aromatic N) is 2. The van der Waals surface area contributed by atoms with E-state index in [1.165, 1.54) is 0 Å². The standard InChI is InChI=1S/C20H20N4O2/c1-2-11-26-14-5-3-13(4-6-14)19-21-9-8-17(24-19)18-12-15-16(23-18)7-10-22-20(15)25/h3-6,8-9,12,23H,2,7,10-11H2,1H3,(H,22,25). The highest BCUT2D eigenvalue weighted by Gasteiger charge is 2.20. The minimum absolute atomic E-state index is 0.0364. The summed E-state index contributed by atoms with van der Waals surface area (Å²) in [5.41, 5.74) is 4.18. The predicted octanol–water partition coefficient (Wildman–Crippen LogP) is 3.21. The molecule has 4 rings (SSSR count). The van der Waals surface area contributed by atoms with Crippen LogP contribution >= 0.6 is 0 Å². The summed E-state index contributed by atoms with van der Waals surface area (Å²) in [6.45, 7) is 3.44. The van der Waals surface area contributed by atoms with Gasteiger partial charge >= 0.3 is 0 Å². The van der Waals surface area contributed by atoms with E-state index in [0.29, 0.717) is 24.5 Å². The van der Waals surface area contributed by atoms with E-state index >= 15 is 0 Å². The van der Waals surface area contributed by atoms with Crippen LogP contribution in [0.5, 0.6) is 5.75 Å². The van der Waals surface area contributed by atoms with E-state index in [-0.39, 0.29) is 5.91 Å². The highest BCUT2D eigenvalue weighted by molar-refractivity contribution is 5.97. The van der Waals surface area contributed by atoms with Crippen molar-refractivity contribution in [2.24, 2.45) is 0 Å². The van der Waals surface area contributed by atoms with E-state index in [1.807, 2.05) is 36.4 Å². The van der Waals surface area contributed by atoms with Crippen molar-refractivity contribution in [3.05, 3.63) is 53.9 Å². The summed E-state index contributed by atoms with van der Waals surface area (Å²) < 4.78 is 5.61. The Labute approximate surface area is 151 Å². The topological polar surface area (TPSA) is 79.9 Å². The molecule has 0 unspecified atom stereocenters. The summed E-state index contributed by atoms with van der Waals surface area (Å²) in [7, 11) is 0. The predicted molar refractivity (Wildman–Crippen MR) is 99.1 cm³/mol. The molecule has 0 aliphatic carbocycles. The number of hydrogen-bond acceptors (Lipinski definition) is 4. The van der Waals surface area contributed by atoms with Crippen molar-refractivity contribution in [1.82, 2.24) is 20.3 Å². The molecule has 2 aromatic heterocycles. The van der Waals surface area contributed by atoms with Crippen molar-refractivity contribution in [1.29, 1.82) is 0 Å². The van der Waals surface area contributed by atoms with Crippen LogP contribution < -0.4 is 10.1 Å². The van der Waals surface area contributed by atoms with E-state index in [4.69, 9.17) is 4.74 Å². The number of carbonyl (C=O) groups is 1. The first-order valence-corrected chi connectivity index (χ1v) is 8.81. The third-order valence-electron chi connectivity index (χ3n) is 4.32. The fourth-order valence-corrected chi connectivity index (χ4v) is 3.00. The van der Waals surface area contributed by atoms with E-state index in [2.05, 4.69) is 27.2 Å². The van der Waals surface area contributed by atoms with Gasteiger partial charge in [0.05, 0.1) is 23.6 Å². The van der Waals surface area contributed by atoms with Crippen molar-refractivity contribution in [3.63, 3.8) is 0 Å². The van der Waals surface area contributed by atoms with Crippen LogP contribution in [0.2, 0.25) is 0 Å². The first kappa shape index (κ1) is 16.3. The molecule has 6 nitrogen and oxygen atoms in total. The fourth-order valence-electron chi connectivity index (χ4n) is 3.00. The van der Waals surface area contributed by atoms with Crippen molar-refractivity contribution in [2.75, 3.05) is 13.2 Å². The van der Waals surface area contributed by atoms with Crippen molar-refractivity contribution >= 4 is 5.91 Å². The Balaban J connectivity index is 1.62. The molecule has 0 atom stereocenters. The van der Waals surface area contributed by atoms with Crippen LogP contribution in [-0.4, -0.2) is 34.0 Å². The highest BCUT2D eigenvalue weighted by atomic mass is 16.5. The van der Waals surface area contributed by atoms with Crippen LogP contribution in [0.3, 0.4) is 0 Å². The second kappa shape index (κ2) is 7.00. The zero-order valence-electron chi connectivity index (χ0n) is 14.6. The first-order chi connectivity index (χ1) is 12.7. The van der Waals surface area contributed by atoms with Gasteiger partial charge in [-0.3, -0.25) is 4.79 Å². The molecule has 0 fully saturated rings. The summed E-state index contributed by atoms with van der Waals surface area (Å²) in [6.07, 6.45) is 3.52. The summed E-state index contributed by atoms with van der Waals surface area (Å²) in [4.78, 5) is 24.3. The number of fused-ring (bicyclic) bond motifs is 1. The lowest BCUT2D eigenvalue weighted by atomic mass is 10.1. The second-order valence-corrected chi connectivity index (χ2v) is 6.22. The maximum atomic E-state index is 11.9. The summed E-state index contributed by atoms with van der Waals surface area (Å²) in [6, 6.07) is 11.5. The normalized spacial score (nSPS) is 13.2.